The third-order valence-electron chi connectivity index (χ3n) is 4.85. The topological polar surface area (TPSA) is 116 Å². The fourth-order valence-electron chi connectivity index (χ4n) is 3.17. The number of aromatic hydroxyl groups is 1. The molecule has 32 heavy (non-hydrogen) atoms. The molecule has 0 spiro atoms. The number of thiophene rings is 1. The first-order valence-electron chi connectivity index (χ1n) is 9.87. The monoisotopic (exact) mass is 524 g/mol. The van der Waals surface area contributed by atoms with E-state index in [1.165, 1.54) is 9.78 Å². The van der Waals surface area contributed by atoms with Gasteiger partial charge < -0.3 is 15.3 Å². The molecule has 0 unspecified atom stereocenters. The van der Waals surface area contributed by atoms with Crippen molar-refractivity contribution in [1.29, 1.82) is 0 Å². The van der Waals surface area contributed by atoms with Crippen molar-refractivity contribution in [3.63, 3.8) is 0 Å². The van der Waals surface area contributed by atoms with Crippen molar-refractivity contribution in [1.82, 2.24) is 10.1 Å². The zero-order valence-corrected chi connectivity index (χ0v) is 21.1. The number of nitrogens with one attached hydrogen (secondary N) is 3. The fourth-order valence-corrected chi connectivity index (χ4v) is 4.83. The number of hydrogen-bond acceptors (Lipinski definition) is 7. The quantitative estimate of drug-likeness (QED) is 0.337. The Morgan fingerprint density at radius 1 is 1.28 bits per heavy atom. The number of phenolic OH excluding ortho intramolecular Hbond substituents is 1. The van der Waals surface area contributed by atoms with Gasteiger partial charge in [-0.25, -0.2) is 0 Å². The number of benzene rings is 1. The van der Waals surface area contributed by atoms with Crippen LogP contribution in [0.3, 0.4) is 0 Å². The SMILES string of the molecule is Cc1ccc([C@H](Nc2c(Nc3ccc(Br)c(C(=O)N(C)C)c3O)[nH]o[n+]2=O)C(C)(C)C)s1. The summed E-state index contributed by atoms with van der Waals surface area (Å²) in [6.45, 7) is 8.26. The second-order valence-electron chi connectivity index (χ2n) is 8.71. The zero-order valence-electron chi connectivity index (χ0n) is 18.7. The van der Waals surface area contributed by atoms with Crippen LogP contribution in [0.25, 0.3) is 0 Å². The molecule has 1 aromatic carbocycles. The summed E-state index contributed by atoms with van der Waals surface area (Å²) in [6, 6.07) is 7.13. The maximum atomic E-state index is 12.5. The summed E-state index contributed by atoms with van der Waals surface area (Å²) < 4.78 is 5.74. The predicted molar refractivity (Wildman–Crippen MR) is 128 cm³/mol. The van der Waals surface area contributed by atoms with Gasteiger partial charge in [0.25, 0.3) is 11.7 Å². The number of carbonyl (C=O) groups is 1. The summed E-state index contributed by atoms with van der Waals surface area (Å²) >= 11 is 4.96. The van der Waals surface area contributed by atoms with Gasteiger partial charge in [0, 0.05) is 33.7 Å². The Kier molecular flexibility index (Phi) is 6.70. The molecule has 0 fully saturated rings. The number of amides is 1. The third-order valence-corrected chi connectivity index (χ3v) is 6.58. The van der Waals surface area contributed by atoms with E-state index in [0.717, 1.165) is 4.88 Å². The number of halogens is 1. The molecule has 3 rings (SSSR count). The van der Waals surface area contributed by atoms with E-state index in [2.05, 4.69) is 52.5 Å². The highest BCUT2D eigenvalue weighted by molar-refractivity contribution is 9.10. The number of anilines is 3. The molecular formula is C21H27BrN5O4S+. The van der Waals surface area contributed by atoms with E-state index in [-0.39, 0.29) is 46.0 Å². The van der Waals surface area contributed by atoms with Crippen LogP contribution >= 0.6 is 27.3 Å². The molecule has 2 heterocycles. The number of aromatic amines is 1. The first-order chi connectivity index (χ1) is 14.9. The van der Waals surface area contributed by atoms with Crippen LogP contribution in [0.4, 0.5) is 17.3 Å². The van der Waals surface area contributed by atoms with Crippen LogP contribution in [-0.2, 0) is 0 Å². The Morgan fingerprint density at radius 2 is 1.97 bits per heavy atom. The second kappa shape index (κ2) is 8.99. The molecule has 9 nitrogen and oxygen atoms in total. The van der Waals surface area contributed by atoms with Gasteiger partial charge in [0.1, 0.15) is 6.04 Å². The molecule has 3 aromatic rings. The standard InChI is InChI=1S/C21H26BrN5O4S/c1-11-7-10-14(32-11)17(21(2,3)4)24-19-18(25-31-27(19)30)23-13-9-8-12(22)15(16(13)28)20(29)26(5)6/h7-10,17H,1-6H3,(H3-,23,24,25,28,29,30)/p+1/t17-/m0/s1. The van der Waals surface area contributed by atoms with Gasteiger partial charge in [-0.2, -0.15) is 0 Å². The molecule has 0 aliphatic rings. The Bertz CT molecular complexity index is 1190. The van der Waals surface area contributed by atoms with E-state index in [1.54, 1.807) is 37.6 Å². The summed E-state index contributed by atoms with van der Waals surface area (Å²) in [5.41, 5.74) is 0.122. The molecule has 4 N–H and O–H groups in total. The largest absolute Gasteiger partial charge is 0.505 e. The molecule has 2 aromatic heterocycles. The second-order valence-corrected chi connectivity index (χ2v) is 10.9. The number of H-pyrrole nitrogens is 1. The minimum absolute atomic E-state index is 0.106. The first kappa shape index (κ1) is 23.9. The smallest absolute Gasteiger partial charge is 0.367 e. The van der Waals surface area contributed by atoms with E-state index in [0.29, 0.717) is 9.07 Å². The van der Waals surface area contributed by atoms with Crippen molar-refractivity contribution >= 4 is 50.5 Å². The summed E-state index contributed by atoms with van der Waals surface area (Å²) in [5.74, 6) is -0.285. The number of nitrogens with zero attached hydrogens (tertiary/aromatic N) is 2. The van der Waals surface area contributed by atoms with E-state index < -0.39 is 0 Å². The molecule has 0 saturated heterocycles. The Labute approximate surface area is 198 Å². The molecule has 11 heteroatoms. The number of phenols is 1. The van der Waals surface area contributed by atoms with Crippen molar-refractivity contribution in [3.05, 3.63) is 49.0 Å². The van der Waals surface area contributed by atoms with Gasteiger partial charge in [-0.3, -0.25) is 10.1 Å². The maximum Gasteiger partial charge on any atom is 0.367 e. The van der Waals surface area contributed by atoms with Gasteiger partial charge >= 0.3 is 5.82 Å². The predicted octanol–water partition coefficient (Wildman–Crippen LogP) is 5.00. The Hall–Kier alpha value is -2.79. The molecule has 172 valence electrons. The van der Waals surface area contributed by atoms with Crippen LogP contribution in [0.15, 0.2) is 33.4 Å². The highest BCUT2D eigenvalue weighted by atomic mass is 79.9. The summed E-state index contributed by atoms with van der Waals surface area (Å²) in [6.07, 6.45) is 0. The third kappa shape index (κ3) is 4.83. The number of carbonyl (C=O) groups excluding carboxylic acids is 1. The Morgan fingerprint density at radius 3 is 2.53 bits per heavy atom. The molecule has 0 radical (unpaired) electrons. The minimum Gasteiger partial charge on any atom is -0.505 e. The van der Waals surface area contributed by atoms with Gasteiger partial charge in [0.05, 0.1) is 11.3 Å². The first-order valence-corrected chi connectivity index (χ1v) is 11.5. The number of rotatable bonds is 6. The van der Waals surface area contributed by atoms with E-state index >= 15 is 0 Å². The van der Waals surface area contributed by atoms with Crippen LogP contribution in [0.5, 0.6) is 5.75 Å². The molecule has 0 saturated carbocycles. The maximum absolute atomic E-state index is 12.5. The van der Waals surface area contributed by atoms with Crippen LogP contribution in [0.2, 0.25) is 0 Å². The van der Waals surface area contributed by atoms with Crippen molar-refractivity contribution in [3.8, 4) is 5.75 Å². The molecule has 0 aliphatic carbocycles. The molecule has 1 amide bonds. The van der Waals surface area contributed by atoms with Crippen LogP contribution in [0, 0.1) is 17.2 Å². The lowest BCUT2D eigenvalue weighted by Crippen LogP contribution is -2.29. The van der Waals surface area contributed by atoms with Crippen molar-refractivity contribution in [2.45, 2.75) is 33.7 Å². The molecule has 0 aliphatic heterocycles. The summed E-state index contributed by atoms with van der Waals surface area (Å²) in [4.78, 5) is 28.5. The van der Waals surface area contributed by atoms with Gasteiger partial charge in [0.2, 0.25) is 0 Å². The molecule has 0 bridgehead atoms. The van der Waals surface area contributed by atoms with E-state index in [1.807, 2.05) is 19.1 Å². The Balaban J connectivity index is 1.99. The van der Waals surface area contributed by atoms with Crippen LogP contribution in [-0.4, -0.2) is 35.2 Å². The number of aryl methyl sites for hydroxylation is 1. The lowest BCUT2D eigenvalue weighted by molar-refractivity contribution is -0.701. The highest BCUT2D eigenvalue weighted by Gasteiger charge is 2.34. The van der Waals surface area contributed by atoms with Gasteiger partial charge in [-0.05, 0) is 52.0 Å². The minimum atomic E-state index is -0.368. The average molecular weight is 525 g/mol. The van der Waals surface area contributed by atoms with Crippen LogP contribution < -0.4 is 15.2 Å². The molecular weight excluding hydrogens is 498 g/mol. The van der Waals surface area contributed by atoms with Crippen molar-refractivity contribution < 1.29 is 19.1 Å². The normalized spacial score (nSPS) is 12.5. The van der Waals surface area contributed by atoms with Gasteiger partial charge in [-0.1, -0.05) is 25.9 Å². The van der Waals surface area contributed by atoms with Crippen LogP contribution in [0.1, 0.15) is 46.9 Å². The highest BCUT2D eigenvalue weighted by Crippen LogP contribution is 2.40. The van der Waals surface area contributed by atoms with Crippen molar-refractivity contribution in [2.24, 2.45) is 5.41 Å². The van der Waals surface area contributed by atoms with Gasteiger partial charge in [0.15, 0.2) is 10.3 Å². The van der Waals surface area contributed by atoms with Gasteiger partial charge in [-0.15, -0.1) is 16.0 Å². The number of aromatic nitrogens is 2. The summed E-state index contributed by atoms with van der Waals surface area (Å²) in [7, 11) is 3.19. The lowest BCUT2D eigenvalue weighted by atomic mass is 9.86. The average Bonchev–Trinajstić information content (AvgIpc) is 3.26. The van der Waals surface area contributed by atoms with E-state index in [4.69, 9.17) is 4.63 Å². The zero-order chi connectivity index (χ0) is 23.8. The molecule has 1 atom stereocenters. The van der Waals surface area contributed by atoms with Crippen molar-refractivity contribution in [2.75, 3.05) is 24.7 Å². The summed E-state index contributed by atoms with van der Waals surface area (Å²) in [5, 5.41) is 19.5. The van der Waals surface area contributed by atoms with E-state index in [9.17, 15) is 14.8 Å². The number of hydrogen-bond donors (Lipinski definition) is 4. The lowest BCUT2D eigenvalue weighted by Gasteiger charge is -2.27. The fraction of sp³-hybridized carbons (Fsp3) is 0.381.